The summed E-state index contributed by atoms with van der Waals surface area (Å²) in [5, 5.41) is 14.2. The number of likely N-dealkylation sites (tertiary alicyclic amines) is 1. The highest BCUT2D eigenvalue weighted by Crippen LogP contribution is 2.15. The van der Waals surface area contributed by atoms with Crippen molar-refractivity contribution in [3.8, 4) is 0 Å². The lowest BCUT2D eigenvalue weighted by Gasteiger charge is -2.29. The Bertz CT molecular complexity index is 659. The predicted molar refractivity (Wildman–Crippen MR) is 95.1 cm³/mol. The smallest absolute Gasteiger partial charge is 0.276 e. The molecule has 2 N–H and O–H groups in total. The Morgan fingerprint density at radius 1 is 1.21 bits per heavy atom. The Morgan fingerprint density at radius 2 is 2.04 bits per heavy atom. The molecule has 6 heteroatoms. The minimum atomic E-state index is -0.255. The summed E-state index contributed by atoms with van der Waals surface area (Å²) in [7, 11) is 2.16. The maximum Gasteiger partial charge on any atom is 0.276 e. The first-order valence-corrected chi connectivity index (χ1v) is 8.33. The molecule has 1 aliphatic rings. The summed E-state index contributed by atoms with van der Waals surface area (Å²) in [5.41, 5.74) is 1.05. The first-order valence-electron chi connectivity index (χ1n) is 8.33. The fourth-order valence-corrected chi connectivity index (χ4v) is 2.95. The summed E-state index contributed by atoms with van der Waals surface area (Å²) in [6.07, 6.45) is 2.48. The molecule has 3 rings (SSSR count). The zero-order chi connectivity index (χ0) is 16.8. The molecule has 0 saturated carbocycles. The van der Waals surface area contributed by atoms with E-state index in [9.17, 15) is 4.79 Å². The third-order valence-corrected chi connectivity index (χ3v) is 4.22. The molecule has 0 aliphatic carbocycles. The number of anilines is 2. The number of rotatable bonds is 5. The summed E-state index contributed by atoms with van der Waals surface area (Å²) in [6.45, 7) is 3.17. The van der Waals surface area contributed by atoms with E-state index in [2.05, 4.69) is 32.8 Å². The number of piperidine rings is 1. The van der Waals surface area contributed by atoms with Crippen molar-refractivity contribution in [1.29, 1.82) is 0 Å². The van der Waals surface area contributed by atoms with Crippen molar-refractivity contribution in [2.75, 3.05) is 37.3 Å². The molecule has 0 bridgehead atoms. The highest BCUT2D eigenvalue weighted by molar-refractivity contribution is 6.02. The van der Waals surface area contributed by atoms with Crippen LogP contribution < -0.4 is 10.6 Å². The van der Waals surface area contributed by atoms with Gasteiger partial charge in [0.1, 0.15) is 5.82 Å². The number of hydrogen-bond donors (Lipinski definition) is 2. The molecule has 1 aliphatic heterocycles. The fraction of sp³-hybridized carbons (Fsp3) is 0.389. The van der Waals surface area contributed by atoms with Crippen molar-refractivity contribution in [3.63, 3.8) is 0 Å². The summed E-state index contributed by atoms with van der Waals surface area (Å²) in [4.78, 5) is 14.5. The van der Waals surface area contributed by atoms with Crippen molar-refractivity contribution >= 4 is 17.4 Å². The average Bonchev–Trinajstić information content (AvgIpc) is 2.61. The van der Waals surface area contributed by atoms with Gasteiger partial charge in [-0.25, -0.2) is 0 Å². The summed E-state index contributed by atoms with van der Waals surface area (Å²) < 4.78 is 0. The molecule has 1 aromatic carbocycles. The molecule has 1 amide bonds. The van der Waals surface area contributed by atoms with Crippen molar-refractivity contribution in [1.82, 2.24) is 15.1 Å². The molecule has 1 fully saturated rings. The van der Waals surface area contributed by atoms with E-state index < -0.39 is 0 Å². The van der Waals surface area contributed by atoms with Gasteiger partial charge >= 0.3 is 0 Å². The molecule has 2 aromatic rings. The van der Waals surface area contributed by atoms with Crippen molar-refractivity contribution in [3.05, 3.63) is 48.2 Å². The number of amides is 1. The van der Waals surface area contributed by atoms with Crippen LogP contribution in [0.5, 0.6) is 0 Å². The normalized spacial score (nSPS) is 18.1. The van der Waals surface area contributed by atoms with Crippen LogP contribution in [0, 0.1) is 5.92 Å². The molecular weight excluding hydrogens is 302 g/mol. The number of carbonyl (C=O) groups is 1. The van der Waals surface area contributed by atoms with Crippen LogP contribution in [0.2, 0.25) is 0 Å². The van der Waals surface area contributed by atoms with Crippen LogP contribution in [0.1, 0.15) is 23.3 Å². The Kier molecular flexibility index (Phi) is 5.38. The number of hydrogen-bond acceptors (Lipinski definition) is 5. The van der Waals surface area contributed by atoms with Gasteiger partial charge < -0.3 is 15.5 Å². The molecular formula is C18H23N5O. The molecule has 126 valence electrons. The quantitative estimate of drug-likeness (QED) is 0.884. The standard InChI is InChI=1S/C18H23N5O/c1-23-11-5-6-14(13-23)12-19-17-10-9-16(21-22-17)18(24)20-15-7-3-2-4-8-15/h2-4,7-10,14H,5-6,11-13H2,1H3,(H,19,22)(H,20,24). The largest absolute Gasteiger partial charge is 0.368 e. The minimum Gasteiger partial charge on any atom is -0.368 e. The lowest BCUT2D eigenvalue weighted by molar-refractivity contribution is 0.102. The number of benzene rings is 1. The van der Waals surface area contributed by atoms with Crippen molar-refractivity contribution in [2.24, 2.45) is 5.92 Å². The Labute approximate surface area is 142 Å². The molecule has 1 unspecified atom stereocenters. The van der Waals surface area contributed by atoms with Crippen LogP contribution in [0.3, 0.4) is 0 Å². The lowest BCUT2D eigenvalue weighted by atomic mass is 9.98. The van der Waals surface area contributed by atoms with E-state index >= 15 is 0 Å². The molecule has 0 spiro atoms. The molecule has 24 heavy (non-hydrogen) atoms. The van der Waals surface area contributed by atoms with E-state index in [1.165, 1.54) is 19.4 Å². The second-order valence-electron chi connectivity index (χ2n) is 6.28. The number of aromatic nitrogens is 2. The van der Waals surface area contributed by atoms with Crippen LogP contribution in [0.25, 0.3) is 0 Å². The minimum absolute atomic E-state index is 0.255. The first kappa shape index (κ1) is 16.4. The van der Waals surface area contributed by atoms with Gasteiger partial charge in [0.25, 0.3) is 5.91 Å². The number of para-hydroxylation sites is 1. The third kappa shape index (κ3) is 4.52. The van der Waals surface area contributed by atoms with E-state index in [1.54, 1.807) is 12.1 Å². The molecule has 6 nitrogen and oxygen atoms in total. The first-order chi connectivity index (χ1) is 11.7. The van der Waals surface area contributed by atoms with Crippen LogP contribution in [-0.4, -0.2) is 47.7 Å². The highest BCUT2D eigenvalue weighted by Gasteiger charge is 2.17. The Hall–Kier alpha value is -2.47. The number of carbonyl (C=O) groups excluding carboxylic acids is 1. The lowest BCUT2D eigenvalue weighted by Crippen LogP contribution is -2.35. The van der Waals surface area contributed by atoms with E-state index in [0.717, 1.165) is 18.8 Å². The van der Waals surface area contributed by atoms with E-state index in [-0.39, 0.29) is 5.91 Å². The maximum atomic E-state index is 12.1. The molecule has 1 aromatic heterocycles. The SMILES string of the molecule is CN1CCCC(CNc2ccc(C(=O)Nc3ccccc3)nn2)C1. The second kappa shape index (κ2) is 7.88. The summed E-state index contributed by atoms with van der Waals surface area (Å²) >= 11 is 0. The van der Waals surface area contributed by atoms with Crippen molar-refractivity contribution < 1.29 is 4.79 Å². The monoisotopic (exact) mass is 325 g/mol. The second-order valence-corrected chi connectivity index (χ2v) is 6.28. The van der Waals surface area contributed by atoms with E-state index in [4.69, 9.17) is 0 Å². The van der Waals surface area contributed by atoms with Gasteiger partial charge in [0.15, 0.2) is 5.69 Å². The van der Waals surface area contributed by atoms with Gasteiger partial charge in [-0.2, -0.15) is 0 Å². The van der Waals surface area contributed by atoms with Crippen molar-refractivity contribution in [2.45, 2.75) is 12.8 Å². The van der Waals surface area contributed by atoms with Gasteiger partial charge in [-0.15, -0.1) is 10.2 Å². The van der Waals surface area contributed by atoms with E-state index in [1.807, 2.05) is 30.3 Å². The third-order valence-electron chi connectivity index (χ3n) is 4.22. The number of nitrogens with zero attached hydrogens (tertiary/aromatic N) is 3. The van der Waals surface area contributed by atoms with Gasteiger partial charge in [0, 0.05) is 18.8 Å². The van der Waals surface area contributed by atoms with Crippen LogP contribution in [0.15, 0.2) is 42.5 Å². The average molecular weight is 325 g/mol. The van der Waals surface area contributed by atoms with Gasteiger partial charge in [-0.1, -0.05) is 18.2 Å². The molecule has 0 radical (unpaired) electrons. The van der Waals surface area contributed by atoms with Crippen LogP contribution in [-0.2, 0) is 0 Å². The zero-order valence-electron chi connectivity index (χ0n) is 13.9. The fourth-order valence-electron chi connectivity index (χ4n) is 2.95. The van der Waals surface area contributed by atoms with Gasteiger partial charge in [0.2, 0.25) is 0 Å². The van der Waals surface area contributed by atoms with Gasteiger partial charge in [0.05, 0.1) is 0 Å². The molecule has 2 heterocycles. The zero-order valence-corrected chi connectivity index (χ0v) is 13.9. The summed E-state index contributed by atoms with van der Waals surface area (Å²) in [5.74, 6) is 1.08. The van der Waals surface area contributed by atoms with Gasteiger partial charge in [-0.05, 0) is 56.6 Å². The van der Waals surface area contributed by atoms with E-state index in [0.29, 0.717) is 17.4 Å². The maximum absolute atomic E-state index is 12.1. The van der Waals surface area contributed by atoms with Crippen LogP contribution in [0.4, 0.5) is 11.5 Å². The number of nitrogens with one attached hydrogen (secondary N) is 2. The Balaban J connectivity index is 1.52. The molecule has 1 atom stereocenters. The molecule has 1 saturated heterocycles. The van der Waals surface area contributed by atoms with Crippen LogP contribution >= 0.6 is 0 Å². The topological polar surface area (TPSA) is 70.2 Å². The van der Waals surface area contributed by atoms with Gasteiger partial charge in [-0.3, -0.25) is 4.79 Å². The summed E-state index contributed by atoms with van der Waals surface area (Å²) in [6, 6.07) is 12.8. The Morgan fingerprint density at radius 3 is 2.75 bits per heavy atom. The predicted octanol–water partition coefficient (Wildman–Crippen LogP) is 2.48. The highest BCUT2D eigenvalue weighted by atomic mass is 16.1.